The van der Waals surface area contributed by atoms with Gasteiger partial charge in [-0.25, -0.2) is 4.79 Å². The van der Waals surface area contributed by atoms with Crippen LogP contribution in [-0.2, 0) is 4.74 Å². The van der Waals surface area contributed by atoms with Crippen LogP contribution in [0.4, 0.5) is 11.4 Å². The Morgan fingerprint density at radius 1 is 1.59 bits per heavy atom. The molecule has 0 aromatic heterocycles. The van der Waals surface area contributed by atoms with Gasteiger partial charge in [0.1, 0.15) is 0 Å². The van der Waals surface area contributed by atoms with Crippen molar-refractivity contribution in [2.75, 3.05) is 24.8 Å². The maximum atomic E-state index is 11.1. The molecule has 0 radical (unpaired) electrons. The first-order valence-corrected chi connectivity index (χ1v) is 5.47. The number of carboxylic acids is 1. The van der Waals surface area contributed by atoms with E-state index in [9.17, 15) is 4.79 Å². The van der Waals surface area contributed by atoms with E-state index < -0.39 is 5.97 Å². The molecule has 0 fully saturated rings. The number of carbonyl (C=O) groups is 1. The summed E-state index contributed by atoms with van der Waals surface area (Å²) in [4.78, 5) is 11.1. The molecule has 0 aliphatic heterocycles. The van der Waals surface area contributed by atoms with Crippen LogP contribution < -0.4 is 11.1 Å². The predicted octanol–water partition coefficient (Wildman–Crippen LogP) is 1.80. The summed E-state index contributed by atoms with van der Waals surface area (Å²) in [6.07, 6.45) is 0.821. The molecule has 0 amide bonds. The monoisotopic (exact) mass is 238 g/mol. The van der Waals surface area contributed by atoms with Gasteiger partial charge in [0, 0.05) is 13.2 Å². The third kappa shape index (κ3) is 3.35. The number of nitrogens with two attached hydrogens (primary N) is 1. The fraction of sp³-hybridized carbons (Fsp3) is 0.417. The lowest BCUT2D eigenvalue weighted by Crippen LogP contribution is -2.25. The normalized spacial score (nSPS) is 12.1. The van der Waals surface area contributed by atoms with Gasteiger partial charge in [0.05, 0.1) is 23.5 Å². The highest BCUT2D eigenvalue weighted by atomic mass is 16.5. The first-order valence-electron chi connectivity index (χ1n) is 5.47. The SMILES string of the molecule is CCC(COC)Nc1c(N)cccc1C(=O)O. The van der Waals surface area contributed by atoms with Crippen molar-refractivity contribution >= 4 is 17.3 Å². The fourth-order valence-corrected chi connectivity index (χ4v) is 1.58. The van der Waals surface area contributed by atoms with Crippen LogP contribution in [0.3, 0.4) is 0 Å². The van der Waals surface area contributed by atoms with Gasteiger partial charge in [0.25, 0.3) is 0 Å². The van der Waals surface area contributed by atoms with Crippen molar-refractivity contribution in [3.8, 4) is 0 Å². The molecule has 0 heterocycles. The number of ether oxygens (including phenoxy) is 1. The lowest BCUT2D eigenvalue weighted by molar-refractivity contribution is 0.0698. The van der Waals surface area contributed by atoms with Crippen molar-refractivity contribution in [1.82, 2.24) is 0 Å². The van der Waals surface area contributed by atoms with E-state index in [-0.39, 0.29) is 11.6 Å². The standard InChI is InChI=1S/C12H18N2O3/c1-3-8(7-17-2)14-11-9(12(15)16)5-4-6-10(11)13/h4-6,8,14H,3,7,13H2,1-2H3,(H,15,16). The van der Waals surface area contributed by atoms with Crippen LogP contribution in [0.1, 0.15) is 23.7 Å². The summed E-state index contributed by atoms with van der Waals surface area (Å²) in [6.45, 7) is 2.50. The Morgan fingerprint density at radius 2 is 2.29 bits per heavy atom. The minimum Gasteiger partial charge on any atom is -0.478 e. The number of hydrogen-bond acceptors (Lipinski definition) is 4. The Balaban J connectivity index is 2.99. The predicted molar refractivity (Wildman–Crippen MR) is 67.4 cm³/mol. The second-order valence-electron chi connectivity index (χ2n) is 3.78. The Labute approximate surface area is 101 Å². The van der Waals surface area contributed by atoms with E-state index in [2.05, 4.69) is 5.32 Å². The number of para-hydroxylation sites is 1. The number of nitrogen functional groups attached to an aromatic ring is 1. The van der Waals surface area contributed by atoms with Gasteiger partial charge in [-0.3, -0.25) is 0 Å². The van der Waals surface area contributed by atoms with Crippen molar-refractivity contribution in [2.24, 2.45) is 0 Å². The van der Waals surface area contributed by atoms with E-state index in [1.54, 1.807) is 19.2 Å². The molecule has 1 atom stereocenters. The summed E-state index contributed by atoms with van der Waals surface area (Å²) in [5.41, 5.74) is 6.86. The number of nitrogens with one attached hydrogen (secondary N) is 1. The molecule has 0 saturated heterocycles. The molecule has 94 valence electrons. The van der Waals surface area contributed by atoms with Gasteiger partial charge in [-0.15, -0.1) is 0 Å². The third-order valence-corrected chi connectivity index (χ3v) is 2.54. The van der Waals surface area contributed by atoms with Crippen molar-refractivity contribution in [3.63, 3.8) is 0 Å². The summed E-state index contributed by atoms with van der Waals surface area (Å²) < 4.78 is 5.06. The molecule has 0 bridgehead atoms. The van der Waals surface area contributed by atoms with Crippen LogP contribution in [0.5, 0.6) is 0 Å². The topological polar surface area (TPSA) is 84.6 Å². The molecule has 0 spiro atoms. The van der Waals surface area contributed by atoms with Crippen LogP contribution in [0.15, 0.2) is 18.2 Å². The Bertz CT molecular complexity index is 393. The lowest BCUT2D eigenvalue weighted by Gasteiger charge is -2.20. The molecule has 17 heavy (non-hydrogen) atoms. The summed E-state index contributed by atoms with van der Waals surface area (Å²) in [5, 5.41) is 12.2. The number of hydrogen-bond donors (Lipinski definition) is 3. The number of rotatable bonds is 6. The summed E-state index contributed by atoms with van der Waals surface area (Å²) >= 11 is 0. The average Bonchev–Trinajstić information content (AvgIpc) is 2.30. The summed E-state index contributed by atoms with van der Waals surface area (Å²) in [6, 6.07) is 4.87. The molecule has 1 unspecified atom stereocenters. The molecule has 5 heteroatoms. The maximum absolute atomic E-state index is 11.1. The van der Waals surface area contributed by atoms with Gasteiger partial charge in [-0.05, 0) is 18.6 Å². The minimum absolute atomic E-state index is 0.0443. The van der Waals surface area contributed by atoms with Crippen molar-refractivity contribution in [1.29, 1.82) is 0 Å². The Hall–Kier alpha value is -1.75. The molecule has 5 nitrogen and oxygen atoms in total. The van der Waals surface area contributed by atoms with Crippen LogP contribution in [0.25, 0.3) is 0 Å². The van der Waals surface area contributed by atoms with Gasteiger partial charge in [0.2, 0.25) is 0 Å². The van der Waals surface area contributed by atoms with E-state index in [0.29, 0.717) is 18.0 Å². The van der Waals surface area contributed by atoms with Crippen LogP contribution in [0.2, 0.25) is 0 Å². The summed E-state index contributed by atoms with van der Waals surface area (Å²) in [7, 11) is 1.61. The zero-order valence-corrected chi connectivity index (χ0v) is 10.1. The molecule has 0 aliphatic rings. The van der Waals surface area contributed by atoms with Crippen molar-refractivity contribution < 1.29 is 14.6 Å². The van der Waals surface area contributed by atoms with Gasteiger partial charge < -0.3 is 20.9 Å². The highest BCUT2D eigenvalue weighted by molar-refractivity contribution is 5.97. The first-order chi connectivity index (χ1) is 8.10. The Kier molecular flexibility index (Phi) is 4.78. The number of methoxy groups -OCH3 is 1. The molecule has 1 aromatic rings. The van der Waals surface area contributed by atoms with Crippen molar-refractivity contribution in [3.05, 3.63) is 23.8 Å². The highest BCUT2D eigenvalue weighted by Gasteiger charge is 2.15. The maximum Gasteiger partial charge on any atom is 0.337 e. The van der Waals surface area contributed by atoms with Gasteiger partial charge >= 0.3 is 5.97 Å². The van der Waals surface area contributed by atoms with Crippen molar-refractivity contribution in [2.45, 2.75) is 19.4 Å². The quantitative estimate of drug-likeness (QED) is 0.658. The average molecular weight is 238 g/mol. The van der Waals surface area contributed by atoms with Crippen LogP contribution in [-0.4, -0.2) is 30.8 Å². The van der Waals surface area contributed by atoms with Gasteiger partial charge in [-0.2, -0.15) is 0 Å². The van der Waals surface area contributed by atoms with Crippen LogP contribution in [0, 0.1) is 0 Å². The largest absolute Gasteiger partial charge is 0.478 e. The molecule has 0 saturated carbocycles. The third-order valence-electron chi connectivity index (χ3n) is 2.54. The number of aromatic carboxylic acids is 1. The van der Waals surface area contributed by atoms with E-state index in [1.807, 2.05) is 6.92 Å². The first kappa shape index (κ1) is 13.3. The highest BCUT2D eigenvalue weighted by Crippen LogP contribution is 2.24. The van der Waals surface area contributed by atoms with Crippen LogP contribution >= 0.6 is 0 Å². The second kappa shape index (κ2) is 6.10. The van der Waals surface area contributed by atoms with E-state index in [0.717, 1.165) is 6.42 Å². The molecule has 1 aromatic carbocycles. The van der Waals surface area contributed by atoms with Gasteiger partial charge in [0.15, 0.2) is 0 Å². The van der Waals surface area contributed by atoms with E-state index in [1.165, 1.54) is 6.07 Å². The fourth-order valence-electron chi connectivity index (χ4n) is 1.58. The molecule has 0 aliphatic carbocycles. The zero-order valence-electron chi connectivity index (χ0n) is 10.1. The van der Waals surface area contributed by atoms with E-state index in [4.69, 9.17) is 15.6 Å². The number of carboxylic acid groups (broad SMARTS) is 1. The molecular formula is C12H18N2O3. The molecule has 4 N–H and O–H groups in total. The lowest BCUT2D eigenvalue weighted by atomic mass is 10.1. The smallest absolute Gasteiger partial charge is 0.337 e. The number of benzene rings is 1. The number of anilines is 2. The minimum atomic E-state index is -0.993. The van der Waals surface area contributed by atoms with E-state index >= 15 is 0 Å². The molecule has 1 rings (SSSR count). The zero-order chi connectivity index (χ0) is 12.8. The Morgan fingerprint density at radius 3 is 2.82 bits per heavy atom. The summed E-state index contributed by atoms with van der Waals surface area (Å²) in [5.74, 6) is -0.993. The van der Waals surface area contributed by atoms with Gasteiger partial charge in [-0.1, -0.05) is 13.0 Å². The molecular weight excluding hydrogens is 220 g/mol. The second-order valence-corrected chi connectivity index (χ2v) is 3.78.